The molecule has 1 heterocycles. The third-order valence-corrected chi connectivity index (χ3v) is 3.86. The second kappa shape index (κ2) is 3.88. The third kappa shape index (κ3) is 2.61. The number of primary amides is 1. The standard InChI is InChI=1S/C9H18N2OS/c1-6-7(4-5-13-6)11-9(2,3)8(10)12/h6-7,11H,4-5H2,1-3H3,(H2,10,12). The van der Waals surface area contributed by atoms with Crippen molar-refractivity contribution in [2.45, 2.75) is 44.0 Å². The van der Waals surface area contributed by atoms with E-state index in [-0.39, 0.29) is 5.91 Å². The van der Waals surface area contributed by atoms with Crippen LogP contribution in [0.4, 0.5) is 0 Å². The number of amides is 1. The van der Waals surface area contributed by atoms with E-state index in [9.17, 15) is 4.79 Å². The molecule has 4 heteroatoms. The van der Waals surface area contributed by atoms with Crippen molar-refractivity contribution >= 4 is 17.7 Å². The molecule has 0 aromatic rings. The highest BCUT2D eigenvalue weighted by Gasteiger charge is 2.32. The van der Waals surface area contributed by atoms with E-state index in [0.717, 1.165) is 6.42 Å². The molecule has 0 aliphatic carbocycles. The molecule has 1 amide bonds. The molecule has 1 saturated heterocycles. The molecule has 0 spiro atoms. The van der Waals surface area contributed by atoms with E-state index in [1.165, 1.54) is 5.75 Å². The van der Waals surface area contributed by atoms with E-state index in [2.05, 4.69) is 12.2 Å². The Bertz CT molecular complexity index is 206. The topological polar surface area (TPSA) is 55.1 Å². The van der Waals surface area contributed by atoms with Gasteiger partial charge in [-0.2, -0.15) is 11.8 Å². The molecule has 1 fully saturated rings. The van der Waals surface area contributed by atoms with Gasteiger partial charge in [-0.3, -0.25) is 10.1 Å². The van der Waals surface area contributed by atoms with Crippen LogP contribution < -0.4 is 11.1 Å². The first-order chi connectivity index (χ1) is 5.93. The summed E-state index contributed by atoms with van der Waals surface area (Å²) in [6.45, 7) is 5.86. The number of hydrogen-bond donors (Lipinski definition) is 2. The molecule has 0 radical (unpaired) electrons. The zero-order chi connectivity index (χ0) is 10.1. The van der Waals surface area contributed by atoms with Crippen LogP contribution in [0.15, 0.2) is 0 Å². The van der Waals surface area contributed by atoms with Crippen LogP contribution in [0.1, 0.15) is 27.2 Å². The first-order valence-electron chi connectivity index (χ1n) is 4.62. The monoisotopic (exact) mass is 202 g/mol. The molecule has 0 saturated carbocycles. The predicted octanol–water partition coefficient (Wildman–Crippen LogP) is 0.734. The summed E-state index contributed by atoms with van der Waals surface area (Å²) >= 11 is 1.94. The molecule has 0 aromatic carbocycles. The first kappa shape index (κ1) is 10.9. The lowest BCUT2D eigenvalue weighted by Crippen LogP contribution is -2.55. The van der Waals surface area contributed by atoms with Crippen LogP contribution in [-0.4, -0.2) is 28.5 Å². The quantitative estimate of drug-likeness (QED) is 0.709. The van der Waals surface area contributed by atoms with Gasteiger partial charge in [0.15, 0.2) is 0 Å². The molecule has 1 aliphatic heterocycles. The van der Waals surface area contributed by atoms with Crippen molar-refractivity contribution < 1.29 is 4.79 Å². The molecule has 76 valence electrons. The Morgan fingerprint density at radius 3 is 2.62 bits per heavy atom. The SMILES string of the molecule is CC1SCCC1NC(C)(C)C(N)=O. The smallest absolute Gasteiger partial charge is 0.237 e. The van der Waals surface area contributed by atoms with Crippen LogP contribution >= 0.6 is 11.8 Å². The van der Waals surface area contributed by atoms with Crippen molar-refractivity contribution in [3.05, 3.63) is 0 Å². The Morgan fingerprint density at radius 1 is 1.62 bits per heavy atom. The Morgan fingerprint density at radius 2 is 2.23 bits per heavy atom. The predicted molar refractivity (Wildman–Crippen MR) is 56.7 cm³/mol. The van der Waals surface area contributed by atoms with Gasteiger partial charge in [0, 0.05) is 11.3 Å². The van der Waals surface area contributed by atoms with Crippen molar-refractivity contribution in [3.63, 3.8) is 0 Å². The van der Waals surface area contributed by atoms with Crippen LogP contribution in [0.3, 0.4) is 0 Å². The maximum absolute atomic E-state index is 11.1. The third-order valence-electron chi connectivity index (χ3n) is 2.54. The summed E-state index contributed by atoms with van der Waals surface area (Å²) in [7, 11) is 0. The van der Waals surface area contributed by atoms with Gasteiger partial charge in [0.2, 0.25) is 5.91 Å². The Kier molecular flexibility index (Phi) is 3.24. The van der Waals surface area contributed by atoms with E-state index in [1.54, 1.807) is 0 Å². The molecule has 13 heavy (non-hydrogen) atoms. The van der Waals surface area contributed by atoms with Gasteiger partial charge in [0.1, 0.15) is 0 Å². The lowest BCUT2D eigenvalue weighted by molar-refractivity contribution is -0.123. The van der Waals surface area contributed by atoms with Crippen molar-refractivity contribution in [1.29, 1.82) is 0 Å². The van der Waals surface area contributed by atoms with Crippen molar-refractivity contribution in [1.82, 2.24) is 5.32 Å². The van der Waals surface area contributed by atoms with Crippen molar-refractivity contribution in [3.8, 4) is 0 Å². The Balaban J connectivity index is 2.52. The zero-order valence-corrected chi connectivity index (χ0v) is 9.28. The fourth-order valence-electron chi connectivity index (χ4n) is 1.46. The van der Waals surface area contributed by atoms with Crippen LogP contribution in [0, 0.1) is 0 Å². The van der Waals surface area contributed by atoms with Gasteiger partial charge < -0.3 is 5.73 Å². The molecule has 2 atom stereocenters. The lowest BCUT2D eigenvalue weighted by atomic mass is 10.0. The van der Waals surface area contributed by atoms with E-state index >= 15 is 0 Å². The molecular formula is C9H18N2OS. The fraction of sp³-hybridized carbons (Fsp3) is 0.889. The van der Waals surface area contributed by atoms with Crippen LogP contribution in [0.5, 0.6) is 0 Å². The minimum atomic E-state index is -0.580. The molecule has 0 aromatic heterocycles. The summed E-state index contributed by atoms with van der Waals surface area (Å²) in [5.41, 5.74) is 4.71. The lowest BCUT2D eigenvalue weighted by Gasteiger charge is -2.28. The second-order valence-corrected chi connectivity index (χ2v) is 5.59. The normalized spacial score (nSPS) is 29.2. The minimum absolute atomic E-state index is 0.281. The van der Waals surface area contributed by atoms with E-state index < -0.39 is 5.54 Å². The molecule has 0 bridgehead atoms. The molecule has 3 nitrogen and oxygen atoms in total. The summed E-state index contributed by atoms with van der Waals surface area (Å²) in [6, 6.07) is 0.424. The molecule has 3 N–H and O–H groups in total. The summed E-state index contributed by atoms with van der Waals surface area (Å²) in [5, 5.41) is 3.89. The van der Waals surface area contributed by atoms with E-state index in [1.807, 2.05) is 25.6 Å². The van der Waals surface area contributed by atoms with Gasteiger partial charge in [-0.15, -0.1) is 0 Å². The zero-order valence-electron chi connectivity index (χ0n) is 8.46. The Labute approximate surface area is 83.8 Å². The van der Waals surface area contributed by atoms with Gasteiger partial charge in [0.25, 0.3) is 0 Å². The van der Waals surface area contributed by atoms with Crippen LogP contribution in [-0.2, 0) is 4.79 Å². The van der Waals surface area contributed by atoms with Gasteiger partial charge >= 0.3 is 0 Å². The summed E-state index contributed by atoms with van der Waals surface area (Å²) in [4.78, 5) is 11.1. The molecule has 2 unspecified atom stereocenters. The summed E-state index contributed by atoms with van der Waals surface area (Å²) < 4.78 is 0. The Hall–Kier alpha value is -0.220. The average Bonchev–Trinajstić information content (AvgIpc) is 2.35. The highest BCUT2D eigenvalue weighted by molar-refractivity contribution is 8.00. The average molecular weight is 202 g/mol. The minimum Gasteiger partial charge on any atom is -0.368 e. The van der Waals surface area contributed by atoms with Crippen molar-refractivity contribution in [2.24, 2.45) is 5.73 Å². The van der Waals surface area contributed by atoms with Gasteiger partial charge in [-0.05, 0) is 26.0 Å². The van der Waals surface area contributed by atoms with E-state index in [4.69, 9.17) is 5.73 Å². The van der Waals surface area contributed by atoms with Crippen LogP contribution in [0.2, 0.25) is 0 Å². The molecule has 1 rings (SSSR count). The second-order valence-electron chi connectivity index (χ2n) is 4.10. The maximum Gasteiger partial charge on any atom is 0.237 e. The number of nitrogens with two attached hydrogens (primary N) is 1. The summed E-state index contributed by atoms with van der Waals surface area (Å²) in [6.07, 6.45) is 1.13. The number of hydrogen-bond acceptors (Lipinski definition) is 3. The molecule has 1 aliphatic rings. The number of nitrogens with one attached hydrogen (secondary N) is 1. The maximum atomic E-state index is 11.1. The van der Waals surface area contributed by atoms with E-state index in [0.29, 0.717) is 11.3 Å². The fourth-order valence-corrected chi connectivity index (χ4v) is 2.65. The molecular weight excluding hydrogens is 184 g/mol. The largest absolute Gasteiger partial charge is 0.368 e. The number of carbonyl (C=O) groups excluding carboxylic acids is 1. The number of thioether (sulfide) groups is 1. The highest BCUT2D eigenvalue weighted by atomic mass is 32.2. The number of rotatable bonds is 3. The van der Waals surface area contributed by atoms with Gasteiger partial charge in [-0.25, -0.2) is 0 Å². The van der Waals surface area contributed by atoms with Crippen molar-refractivity contribution in [2.75, 3.05) is 5.75 Å². The van der Waals surface area contributed by atoms with Gasteiger partial charge in [0.05, 0.1) is 5.54 Å². The van der Waals surface area contributed by atoms with Crippen LogP contribution in [0.25, 0.3) is 0 Å². The highest BCUT2D eigenvalue weighted by Crippen LogP contribution is 2.27. The van der Waals surface area contributed by atoms with Gasteiger partial charge in [-0.1, -0.05) is 6.92 Å². The first-order valence-corrected chi connectivity index (χ1v) is 5.67. The summed E-state index contributed by atoms with van der Waals surface area (Å²) in [5.74, 6) is 0.893. The number of carbonyl (C=O) groups is 1.